The summed E-state index contributed by atoms with van der Waals surface area (Å²) in [5.74, 6) is 0.249. The predicted octanol–water partition coefficient (Wildman–Crippen LogP) is 6.28. The van der Waals surface area contributed by atoms with E-state index in [0.29, 0.717) is 26.1 Å². The molecule has 1 unspecified atom stereocenters. The van der Waals surface area contributed by atoms with Gasteiger partial charge in [-0.05, 0) is 65.2 Å². The molecule has 28 heavy (non-hydrogen) atoms. The average Bonchev–Trinajstić information content (AvgIpc) is 2.65. The molecule has 0 saturated heterocycles. The van der Waals surface area contributed by atoms with Crippen LogP contribution in [0.2, 0.25) is 0 Å². The van der Waals surface area contributed by atoms with Crippen LogP contribution in [0.5, 0.6) is 0 Å². The molecular formula is C20H16BrF3N2OS. The molecule has 0 amide bonds. The molecule has 2 aromatic carbocycles. The van der Waals surface area contributed by atoms with E-state index in [4.69, 9.17) is 0 Å². The molecule has 1 N–H and O–H groups in total. The van der Waals surface area contributed by atoms with Crippen molar-refractivity contribution >= 4 is 32.7 Å². The van der Waals surface area contributed by atoms with Gasteiger partial charge in [-0.1, -0.05) is 29.8 Å². The second-order valence-corrected chi connectivity index (χ2v) is 8.28. The summed E-state index contributed by atoms with van der Waals surface area (Å²) >= 11 is 3.37. The molecule has 0 bridgehead atoms. The highest BCUT2D eigenvalue weighted by atomic mass is 79.9. The highest BCUT2D eigenvalue weighted by Crippen LogP contribution is 2.37. The lowest BCUT2D eigenvalue weighted by molar-refractivity contribution is -0.137. The van der Waals surface area contributed by atoms with Crippen LogP contribution in [0, 0.1) is 13.8 Å². The largest absolute Gasteiger partial charge is 0.416 e. The molecule has 0 aliphatic rings. The van der Waals surface area contributed by atoms with Crippen LogP contribution in [0.3, 0.4) is 0 Å². The minimum atomic E-state index is -4.46. The Morgan fingerprint density at radius 1 is 1.07 bits per heavy atom. The fraction of sp³-hybridized carbons (Fsp3) is 0.150. The topological polar surface area (TPSA) is 42.0 Å². The molecule has 8 heteroatoms. The fourth-order valence-electron chi connectivity index (χ4n) is 2.67. The Hall–Kier alpha value is -2.19. The Balaban J connectivity index is 2.06. The summed E-state index contributed by atoms with van der Waals surface area (Å²) in [5, 5.41) is 0. The van der Waals surface area contributed by atoms with Crippen molar-refractivity contribution in [2.75, 3.05) is 4.72 Å². The van der Waals surface area contributed by atoms with Gasteiger partial charge in [0, 0.05) is 16.2 Å². The maximum Gasteiger partial charge on any atom is 0.416 e. The Morgan fingerprint density at radius 3 is 2.39 bits per heavy atom. The maximum atomic E-state index is 13.1. The molecule has 0 aliphatic heterocycles. The van der Waals surface area contributed by atoms with Gasteiger partial charge in [-0.2, -0.15) is 13.2 Å². The molecule has 3 aromatic rings. The lowest BCUT2D eigenvalue weighted by atomic mass is 9.99. The first-order valence-electron chi connectivity index (χ1n) is 8.24. The quantitative estimate of drug-likeness (QED) is 0.489. The fourth-order valence-corrected chi connectivity index (χ4v) is 3.80. The number of nitrogens with one attached hydrogen (secondary N) is 1. The number of hydrogen-bond donors (Lipinski definition) is 1. The van der Waals surface area contributed by atoms with Crippen molar-refractivity contribution in [3.05, 3.63) is 75.9 Å². The summed E-state index contributed by atoms with van der Waals surface area (Å²) in [6.45, 7) is 3.69. The molecule has 0 saturated carbocycles. The Morgan fingerprint density at radius 2 is 1.75 bits per heavy atom. The standard InChI is InChI=1S/C20H16BrF3N2OS/c1-12-6-8-16(9-7-12)28(27)26-19-18(13(2)17(21)11-25-19)14-4-3-5-15(10-14)20(22,23)24/h3-11H,1-2H3,(H,25,26). The lowest BCUT2D eigenvalue weighted by Gasteiger charge is -2.16. The summed E-state index contributed by atoms with van der Waals surface area (Å²) < 4.78 is 55.6. The number of aromatic nitrogens is 1. The van der Waals surface area contributed by atoms with Crippen molar-refractivity contribution in [3.63, 3.8) is 0 Å². The number of nitrogens with zero attached hydrogens (tertiary/aromatic N) is 1. The third-order valence-corrected chi connectivity index (χ3v) is 6.06. The third kappa shape index (κ3) is 4.44. The Bertz CT molecular complexity index is 1040. The van der Waals surface area contributed by atoms with Crippen molar-refractivity contribution in [3.8, 4) is 11.1 Å². The highest BCUT2D eigenvalue weighted by molar-refractivity contribution is 9.10. The van der Waals surface area contributed by atoms with Crippen LogP contribution in [0.1, 0.15) is 16.7 Å². The van der Waals surface area contributed by atoms with Gasteiger partial charge in [0.05, 0.1) is 10.5 Å². The molecule has 1 atom stereocenters. The van der Waals surface area contributed by atoms with Gasteiger partial charge in [-0.15, -0.1) is 0 Å². The molecule has 0 fully saturated rings. The normalized spacial score (nSPS) is 12.6. The minimum absolute atomic E-state index is 0.249. The molecule has 0 radical (unpaired) electrons. The SMILES string of the molecule is Cc1ccc(S(=O)Nc2ncc(Br)c(C)c2-c2cccc(C(F)(F)F)c2)cc1. The van der Waals surface area contributed by atoms with E-state index in [0.717, 1.165) is 17.7 Å². The molecule has 0 aliphatic carbocycles. The third-order valence-electron chi connectivity index (χ3n) is 4.18. The van der Waals surface area contributed by atoms with Gasteiger partial charge in [0.1, 0.15) is 5.82 Å². The number of anilines is 1. The van der Waals surface area contributed by atoms with E-state index < -0.39 is 22.7 Å². The lowest BCUT2D eigenvalue weighted by Crippen LogP contribution is -2.09. The number of alkyl halides is 3. The number of hydrogen-bond acceptors (Lipinski definition) is 2. The second kappa shape index (κ2) is 8.05. The summed E-state index contributed by atoms with van der Waals surface area (Å²) in [7, 11) is -1.61. The average molecular weight is 469 g/mol. The number of pyridine rings is 1. The molecule has 3 rings (SSSR count). The Kier molecular flexibility index (Phi) is 5.90. The first-order valence-corrected chi connectivity index (χ1v) is 10.2. The van der Waals surface area contributed by atoms with Crippen molar-refractivity contribution in [2.24, 2.45) is 0 Å². The Labute approximate surface area is 171 Å². The smallest absolute Gasteiger partial charge is 0.285 e. The maximum absolute atomic E-state index is 13.1. The molecule has 1 aromatic heterocycles. The number of rotatable bonds is 4. The van der Waals surface area contributed by atoms with Gasteiger partial charge >= 0.3 is 6.18 Å². The van der Waals surface area contributed by atoms with E-state index >= 15 is 0 Å². The van der Waals surface area contributed by atoms with Gasteiger partial charge in [0.25, 0.3) is 0 Å². The molecule has 1 heterocycles. The monoisotopic (exact) mass is 468 g/mol. The van der Waals surface area contributed by atoms with Crippen LogP contribution in [0.25, 0.3) is 11.1 Å². The van der Waals surface area contributed by atoms with Gasteiger partial charge < -0.3 is 0 Å². The second-order valence-electron chi connectivity index (χ2n) is 6.22. The van der Waals surface area contributed by atoms with Crippen LogP contribution < -0.4 is 4.72 Å². The highest BCUT2D eigenvalue weighted by Gasteiger charge is 2.31. The van der Waals surface area contributed by atoms with E-state index in [1.807, 2.05) is 19.1 Å². The van der Waals surface area contributed by atoms with Crippen molar-refractivity contribution in [1.29, 1.82) is 0 Å². The van der Waals surface area contributed by atoms with Gasteiger partial charge in [-0.3, -0.25) is 4.72 Å². The van der Waals surface area contributed by atoms with Crippen LogP contribution >= 0.6 is 15.9 Å². The number of aryl methyl sites for hydroxylation is 1. The van der Waals surface area contributed by atoms with E-state index in [9.17, 15) is 17.4 Å². The van der Waals surface area contributed by atoms with E-state index in [2.05, 4.69) is 25.6 Å². The zero-order chi connectivity index (χ0) is 20.5. The summed E-state index contributed by atoms with van der Waals surface area (Å²) in [6, 6.07) is 12.1. The van der Waals surface area contributed by atoms with Crippen LogP contribution in [-0.2, 0) is 17.2 Å². The molecule has 3 nitrogen and oxygen atoms in total. The van der Waals surface area contributed by atoms with Crippen molar-refractivity contribution < 1.29 is 17.4 Å². The van der Waals surface area contributed by atoms with E-state index in [-0.39, 0.29) is 5.82 Å². The van der Waals surface area contributed by atoms with E-state index in [1.54, 1.807) is 25.1 Å². The number of benzene rings is 2. The summed E-state index contributed by atoms with van der Waals surface area (Å²) in [4.78, 5) is 4.80. The summed E-state index contributed by atoms with van der Waals surface area (Å²) in [6.07, 6.45) is -2.93. The van der Waals surface area contributed by atoms with Crippen LogP contribution in [0.4, 0.5) is 19.0 Å². The van der Waals surface area contributed by atoms with Crippen molar-refractivity contribution in [1.82, 2.24) is 4.98 Å². The molecule has 0 spiro atoms. The zero-order valence-electron chi connectivity index (χ0n) is 15.0. The zero-order valence-corrected chi connectivity index (χ0v) is 17.4. The molecular weight excluding hydrogens is 453 g/mol. The van der Waals surface area contributed by atoms with Gasteiger partial charge in [0.2, 0.25) is 0 Å². The first kappa shape index (κ1) is 20.5. The first-order chi connectivity index (χ1) is 13.2. The molecule has 146 valence electrons. The van der Waals surface area contributed by atoms with Crippen molar-refractivity contribution in [2.45, 2.75) is 24.9 Å². The van der Waals surface area contributed by atoms with Gasteiger partial charge in [0.15, 0.2) is 11.0 Å². The minimum Gasteiger partial charge on any atom is -0.285 e. The van der Waals surface area contributed by atoms with Crippen LogP contribution in [0.15, 0.2) is 64.1 Å². The van der Waals surface area contributed by atoms with Crippen LogP contribution in [-0.4, -0.2) is 9.19 Å². The summed E-state index contributed by atoms with van der Waals surface area (Å²) in [5.41, 5.74) is 1.76. The van der Waals surface area contributed by atoms with Gasteiger partial charge in [-0.25, -0.2) is 9.19 Å². The predicted molar refractivity (Wildman–Crippen MR) is 108 cm³/mol. The number of halogens is 4. The van der Waals surface area contributed by atoms with E-state index in [1.165, 1.54) is 12.3 Å².